The molecule has 0 bridgehead atoms. The highest BCUT2D eigenvalue weighted by Crippen LogP contribution is 2.14. The zero-order valence-corrected chi connectivity index (χ0v) is 8.10. The van der Waals surface area contributed by atoms with Crippen LogP contribution in [-0.4, -0.2) is 37.1 Å². The molecule has 2 rings (SSSR count). The molecular weight excluding hydrogens is 182 g/mol. The first-order valence-corrected chi connectivity index (χ1v) is 4.67. The predicted molar refractivity (Wildman–Crippen MR) is 50.0 cm³/mol. The third-order valence-corrected chi connectivity index (χ3v) is 2.51. The Morgan fingerprint density at radius 1 is 1.64 bits per heavy atom. The van der Waals surface area contributed by atoms with Gasteiger partial charge in [0.1, 0.15) is 0 Å². The van der Waals surface area contributed by atoms with E-state index in [1.54, 1.807) is 24.1 Å². The Bertz CT molecular complexity index is 301. The number of hydrogen-bond acceptors (Lipinski definition) is 3. The van der Waals surface area contributed by atoms with Crippen LogP contribution in [0.2, 0.25) is 0 Å². The van der Waals surface area contributed by atoms with E-state index in [1.807, 2.05) is 0 Å². The van der Waals surface area contributed by atoms with Gasteiger partial charge < -0.3 is 14.1 Å². The van der Waals surface area contributed by atoms with Crippen molar-refractivity contribution < 1.29 is 13.9 Å². The lowest BCUT2D eigenvalue weighted by atomic mass is 10.2. The first kappa shape index (κ1) is 9.27. The van der Waals surface area contributed by atoms with Gasteiger partial charge in [0.2, 0.25) is 0 Å². The molecule has 1 aliphatic rings. The molecule has 0 N–H and O–H groups in total. The summed E-state index contributed by atoms with van der Waals surface area (Å²) in [7, 11) is 1.78. The number of hydrogen-bond donors (Lipinski definition) is 0. The molecule has 4 nitrogen and oxygen atoms in total. The van der Waals surface area contributed by atoms with E-state index >= 15 is 0 Å². The van der Waals surface area contributed by atoms with Gasteiger partial charge >= 0.3 is 0 Å². The second-order valence-electron chi connectivity index (χ2n) is 3.41. The monoisotopic (exact) mass is 195 g/mol. The number of carbonyl (C=O) groups excluding carboxylic acids is 1. The van der Waals surface area contributed by atoms with Crippen LogP contribution in [0.1, 0.15) is 17.0 Å². The summed E-state index contributed by atoms with van der Waals surface area (Å²) in [5.74, 6) is 0.310. The van der Waals surface area contributed by atoms with Crippen molar-refractivity contribution in [3.05, 3.63) is 24.2 Å². The maximum atomic E-state index is 11.8. The lowest BCUT2D eigenvalue weighted by Crippen LogP contribution is -2.37. The maximum Gasteiger partial charge on any atom is 0.289 e. The highest BCUT2D eigenvalue weighted by Gasteiger charge is 2.25. The predicted octanol–water partition coefficient (Wildman–Crippen LogP) is 1.14. The average Bonchev–Trinajstić information content (AvgIpc) is 2.87. The smallest absolute Gasteiger partial charge is 0.289 e. The molecule has 0 radical (unpaired) electrons. The molecule has 76 valence electrons. The number of nitrogens with zero attached hydrogens (tertiary/aromatic N) is 1. The molecule has 1 atom stereocenters. The highest BCUT2D eigenvalue weighted by atomic mass is 16.5. The number of ether oxygens (including phenoxy) is 1. The molecule has 2 heterocycles. The van der Waals surface area contributed by atoms with Crippen LogP contribution in [0.5, 0.6) is 0 Å². The molecule has 0 saturated carbocycles. The Hall–Kier alpha value is -1.29. The van der Waals surface area contributed by atoms with Crippen molar-refractivity contribution in [1.29, 1.82) is 0 Å². The Kier molecular flexibility index (Phi) is 2.54. The van der Waals surface area contributed by atoms with Gasteiger partial charge in [-0.1, -0.05) is 0 Å². The van der Waals surface area contributed by atoms with Gasteiger partial charge in [0, 0.05) is 13.7 Å². The molecule has 1 unspecified atom stereocenters. The number of amides is 1. The molecule has 4 heteroatoms. The zero-order chi connectivity index (χ0) is 9.97. The molecule has 1 aromatic rings. The maximum absolute atomic E-state index is 11.8. The Labute approximate surface area is 82.4 Å². The minimum Gasteiger partial charge on any atom is -0.459 e. The molecule has 14 heavy (non-hydrogen) atoms. The fraction of sp³-hybridized carbons (Fsp3) is 0.500. The van der Waals surface area contributed by atoms with Crippen LogP contribution in [0, 0.1) is 0 Å². The summed E-state index contributed by atoms with van der Waals surface area (Å²) >= 11 is 0. The van der Waals surface area contributed by atoms with Gasteiger partial charge in [-0.3, -0.25) is 4.79 Å². The van der Waals surface area contributed by atoms with Crippen molar-refractivity contribution in [3.63, 3.8) is 0 Å². The van der Waals surface area contributed by atoms with E-state index in [0.29, 0.717) is 12.4 Å². The van der Waals surface area contributed by atoms with E-state index in [4.69, 9.17) is 9.15 Å². The van der Waals surface area contributed by atoms with E-state index in [2.05, 4.69) is 0 Å². The van der Waals surface area contributed by atoms with Gasteiger partial charge in [-0.05, 0) is 18.6 Å². The number of carbonyl (C=O) groups is 1. The number of likely N-dealkylation sites (N-methyl/N-ethyl adjacent to an activating group) is 1. The minimum absolute atomic E-state index is 0.0782. The molecule has 1 saturated heterocycles. The second kappa shape index (κ2) is 3.84. The van der Waals surface area contributed by atoms with E-state index < -0.39 is 0 Å². The topological polar surface area (TPSA) is 42.7 Å². The largest absolute Gasteiger partial charge is 0.459 e. The lowest BCUT2D eigenvalue weighted by molar-refractivity contribution is 0.0680. The van der Waals surface area contributed by atoms with E-state index in [-0.39, 0.29) is 11.9 Å². The summed E-state index contributed by atoms with van der Waals surface area (Å²) < 4.78 is 10.3. The van der Waals surface area contributed by atoms with Gasteiger partial charge in [-0.2, -0.15) is 0 Å². The summed E-state index contributed by atoms with van der Waals surface area (Å²) in [5, 5.41) is 0. The lowest BCUT2D eigenvalue weighted by Gasteiger charge is -2.21. The van der Waals surface area contributed by atoms with Gasteiger partial charge in [0.15, 0.2) is 5.76 Å². The van der Waals surface area contributed by atoms with Crippen molar-refractivity contribution in [1.82, 2.24) is 4.90 Å². The highest BCUT2D eigenvalue weighted by molar-refractivity contribution is 5.91. The van der Waals surface area contributed by atoms with Crippen molar-refractivity contribution in [2.24, 2.45) is 0 Å². The third-order valence-electron chi connectivity index (χ3n) is 2.51. The molecule has 0 aliphatic carbocycles. The quantitative estimate of drug-likeness (QED) is 0.710. The zero-order valence-electron chi connectivity index (χ0n) is 8.10. The number of rotatable bonds is 2. The molecule has 0 spiro atoms. The normalized spacial score (nSPS) is 21.1. The van der Waals surface area contributed by atoms with Crippen molar-refractivity contribution >= 4 is 5.91 Å². The van der Waals surface area contributed by atoms with Crippen LogP contribution in [-0.2, 0) is 4.74 Å². The molecule has 1 amide bonds. The SMILES string of the molecule is CN(C(=O)c1ccco1)C1CCOC1. The molecular formula is C10H13NO3. The van der Waals surface area contributed by atoms with Crippen LogP contribution >= 0.6 is 0 Å². The molecule has 0 aromatic carbocycles. The van der Waals surface area contributed by atoms with Gasteiger partial charge in [0.25, 0.3) is 5.91 Å². The fourth-order valence-electron chi connectivity index (χ4n) is 1.57. The number of furan rings is 1. The van der Waals surface area contributed by atoms with Gasteiger partial charge in [-0.15, -0.1) is 0 Å². The minimum atomic E-state index is -0.0782. The Morgan fingerprint density at radius 2 is 2.50 bits per heavy atom. The average molecular weight is 195 g/mol. The first-order chi connectivity index (χ1) is 6.79. The van der Waals surface area contributed by atoms with Crippen LogP contribution in [0.15, 0.2) is 22.8 Å². The first-order valence-electron chi connectivity index (χ1n) is 4.67. The van der Waals surface area contributed by atoms with Crippen LogP contribution in [0.25, 0.3) is 0 Å². The van der Waals surface area contributed by atoms with Crippen LogP contribution in [0.3, 0.4) is 0 Å². The standard InChI is InChI=1S/C10H13NO3/c1-11(8-4-6-13-7-8)10(12)9-3-2-5-14-9/h2-3,5,8H,4,6-7H2,1H3. The van der Waals surface area contributed by atoms with Crippen molar-refractivity contribution in [2.75, 3.05) is 20.3 Å². The summed E-state index contributed by atoms with van der Waals surface area (Å²) in [4.78, 5) is 13.5. The second-order valence-corrected chi connectivity index (χ2v) is 3.41. The summed E-state index contributed by atoms with van der Waals surface area (Å²) in [6, 6.07) is 3.58. The summed E-state index contributed by atoms with van der Waals surface area (Å²) in [6.45, 7) is 1.36. The summed E-state index contributed by atoms with van der Waals surface area (Å²) in [5.41, 5.74) is 0. The molecule has 1 fully saturated rings. The molecule has 1 aromatic heterocycles. The molecule has 1 aliphatic heterocycles. The summed E-state index contributed by atoms with van der Waals surface area (Å²) in [6.07, 6.45) is 2.41. The van der Waals surface area contributed by atoms with E-state index in [0.717, 1.165) is 13.0 Å². The van der Waals surface area contributed by atoms with Crippen LogP contribution < -0.4 is 0 Å². The van der Waals surface area contributed by atoms with Gasteiger partial charge in [0.05, 0.1) is 18.9 Å². The Balaban J connectivity index is 2.04. The third kappa shape index (κ3) is 1.65. The Morgan fingerprint density at radius 3 is 3.07 bits per heavy atom. The van der Waals surface area contributed by atoms with E-state index in [9.17, 15) is 4.79 Å². The van der Waals surface area contributed by atoms with Crippen LogP contribution in [0.4, 0.5) is 0 Å². The van der Waals surface area contributed by atoms with Gasteiger partial charge in [-0.25, -0.2) is 0 Å². The van der Waals surface area contributed by atoms with Crippen molar-refractivity contribution in [3.8, 4) is 0 Å². The van der Waals surface area contributed by atoms with E-state index in [1.165, 1.54) is 6.26 Å². The van der Waals surface area contributed by atoms with Crippen molar-refractivity contribution in [2.45, 2.75) is 12.5 Å². The fourth-order valence-corrected chi connectivity index (χ4v) is 1.57.